The predicted molar refractivity (Wildman–Crippen MR) is 133 cm³/mol. The van der Waals surface area contributed by atoms with Crippen LogP contribution < -0.4 is 15.4 Å². The van der Waals surface area contributed by atoms with Gasteiger partial charge in [-0.15, -0.1) is 45.5 Å². The summed E-state index contributed by atoms with van der Waals surface area (Å²) in [5, 5.41) is 17.3. The number of hydrogen-bond donors (Lipinski definition) is 2. The Balaban J connectivity index is 0.00000320. The minimum atomic E-state index is 0. The molecule has 0 fully saturated rings. The van der Waals surface area contributed by atoms with E-state index in [4.69, 9.17) is 9.73 Å². The summed E-state index contributed by atoms with van der Waals surface area (Å²) >= 11 is 1.72. The summed E-state index contributed by atoms with van der Waals surface area (Å²) in [4.78, 5) is 5.99. The molecule has 0 saturated heterocycles. The molecule has 3 rings (SSSR count). The van der Waals surface area contributed by atoms with E-state index in [0.717, 1.165) is 28.9 Å². The standard InChI is InChI=1S/C21H28N6OS.HI/c1-14-8-9-19(28-5)18(11-14)15(2)24-21(22-12-17-7-6-10-29-17)23-13-20-26-25-16(3)27(20)4;/h6-11,15H,12-13H2,1-5H3,(H2,22,23,24);1H. The molecule has 0 amide bonds. The zero-order valence-corrected chi connectivity index (χ0v) is 21.1. The number of aromatic nitrogens is 3. The van der Waals surface area contributed by atoms with Gasteiger partial charge in [0.15, 0.2) is 11.8 Å². The molecule has 30 heavy (non-hydrogen) atoms. The van der Waals surface area contributed by atoms with Gasteiger partial charge in [-0.25, -0.2) is 4.99 Å². The highest BCUT2D eigenvalue weighted by atomic mass is 127. The molecule has 7 nitrogen and oxygen atoms in total. The fraction of sp³-hybridized carbons (Fsp3) is 0.381. The molecule has 162 valence electrons. The first-order chi connectivity index (χ1) is 14.0. The highest BCUT2D eigenvalue weighted by Crippen LogP contribution is 2.26. The van der Waals surface area contributed by atoms with Crippen molar-refractivity contribution >= 4 is 41.3 Å². The molecular weight excluding hydrogens is 511 g/mol. The van der Waals surface area contributed by atoms with Crippen molar-refractivity contribution in [3.05, 3.63) is 63.4 Å². The largest absolute Gasteiger partial charge is 0.496 e. The van der Waals surface area contributed by atoms with Gasteiger partial charge in [0.1, 0.15) is 18.1 Å². The normalized spacial score (nSPS) is 12.2. The topological polar surface area (TPSA) is 76.4 Å². The van der Waals surface area contributed by atoms with Crippen LogP contribution in [0.25, 0.3) is 0 Å². The lowest BCUT2D eigenvalue weighted by Gasteiger charge is -2.21. The fourth-order valence-corrected chi connectivity index (χ4v) is 3.59. The van der Waals surface area contributed by atoms with E-state index >= 15 is 0 Å². The second-order valence-electron chi connectivity index (χ2n) is 6.93. The van der Waals surface area contributed by atoms with Crippen molar-refractivity contribution in [2.75, 3.05) is 7.11 Å². The minimum Gasteiger partial charge on any atom is -0.496 e. The van der Waals surface area contributed by atoms with Crippen LogP contribution in [0.5, 0.6) is 5.75 Å². The Morgan fingerprint density at radius 2 is 2.07 bits per heavy atom. The monoisotopic (exact) mass is 540 g/mol. The zero-order valence-electron chi connectivity index (χ0n) is 18.0. The summed E-state index contributed by atoms with van der Waals surface area (Å²) in [5.41, 5.74) is 2.28. The van der Waals surface area contributed by atoms with Gasteiger partial charge in [-0.2, -0.15) is 0 Å². The first kappa shape index (κ1) is 24.1. The number of thiophene rings is 1. The van der Waals surface area contributed by atoms with Gasteiger partial charge in [-0.1, -0.05) is 23.8 Å². The van der Waals surface area contributed by atoms with Gasteiger partial charge in [0.25, 0.3) is 0 Å². The van der Waals surface area contributed by atoms with Crippen LogP contribution in [0.3, 0.4) is 0 Å². The summed E-state index contributed by atoms with van der Waals surface area (Å²) in [7, 11) is 3.65. The van der Waals surface area contributed by atoms with Gasteiger partial charge in [0, 0.05) is 17.5 Å². The molecular formula is C21H29IN6OS. The van der Waals surface area contributed by atoms with Crippen molar-refractivity contribution in [2.45, 2.75) is 39.9 Å². The Bertz CT molecular complexity index is 970. The number of ether oxygens (including phenoxy) is 1. The quantitative estimate of drug-likeness (QED) is 0.268. The molecule has 9 heteroatoms. The third kappa shape index (κ3) is 6.18. The van der Waals surface area contributed by atoms with E-state index in [0.29, 0.717) is 13.1 Å². The molecule has 0 aliphatic carbocycles. The van der Waals surface area contributed by atoms with Crippen LogP contribution in [0.4, 0.5) is 0 Å². The molecule has 2 aromatic heterocycles. The van der Waals surface area contributed by atoms with Crippen molar-refractivity contribution in [1.29, 1.82) is 0 Å². The molecule has 1 unspecified atom stereocenters. The number of hydrogen-bond acceptors (Lipinski definition) is 5. The Kier molecular flexibility index (Phi) is 9.09. The number of nitrogens with one attached hydrogen (secondary N) is 2. The molecule has 0 aliphatic rings. The van der Waals surface area contributed by atoms with Crippen molar-refractivity contribution in [3.63, 3.8) is 0 Å². The van der Waals surface area contributed by atoms with E-state index in [-0.39, 0.29) is 30.0 Å². The van der Waals surface area contributed by atoms with Crippen LogP contribution in [0, 0.1) is 13.8 Å². The SMILES string of the molecule is COc1ccc(C)cc1C(C)NC(=NCc1nnc(C)n1C)NCc1cccs1.I. The Labute approximate surface area is 199 Å². The summed E-state index contributed by atoms with van der Waals surface area (Å²) in [6.07, 6.45) is 0. The van der Waals surface area contributed by atoms with Gasteiger partial charge in [-0.05, 0) is 38.3 Å². The zero-order chi connectivity index (χ0) is 20.8. The molecule has 1 aromatic carbocycles. The molecule has 0 radical (unpaired) electrons. The molecule has 2 heterocycles. The van der Waals surface area contributed by atoms with E-state index in [2.05, 4.69) is 64.3 Å². The lowest BCUT2D eigenvalue weighted by Crippen LogP contribution is -2.38. The van der Waals surface area contributed by atoms with Crippen molar-refractivity contribution in [1.82, 2.24) is 25.4 Å². The predicted octanol–water partition coefficient (Wildman–Crippen LogP) is 4.12. The number of halogens is 1. The maximum atomic E-state index is 5.55. The number of aryl methyl sites for hydroxylation is 2. The highest BCUT2D eigenvalue weighted by molar-refractivity contribution is 14.0. The second kappa shape index (κ2) is 11.3. The third-order valence-electron chi connectivity index (χ3n) is 4.78. The van der Waals surface area contributed by atoms with Crippen LogP contribution in [-0.4, -0.2) is 27.8 Å². The van der Waals surface area contributed by atoms with Crippen molar-refractivity contribution in [3.8, 4) is 5.75 Å². The first-order valence-electron chi connectivity index (χ1n) is 9.54. The number of aliphatic imine (C=N–C) groups is 1. The molecule has 0 aliphatic heterocycles. The summed E-state index contributed by atoms with van der Waals surface area (Å²) in [6, 6.07) is 10.4. The Hall–Kier alpha value is -2.14. The van der Waals surface area contributed by atoms with Crippen LogP contribution in [0.2, 0.25) is 0 Å². The minimum absolute atomic E-state index is 0. The van der Waals surface area contributed by atoms with E-state index in [1.807, 2.05) is 24.6 Å². The Morgan fingerprint density at radius 3 is 2.70 bits per heavy atom. The van der Waals surface area contributed by atoms with Crippen LogP contribution in [0.15, 0.2) is 40.7 Å². The maximum Gasteiger partial charge on any atom is 0.192 e. The molecule has 0 saturated carbocycles. The number of benzene rings is 1. The second-order valence-corrected chi connectivity index (χ2v) is 7.96. The molecule has 1 atom stereocenters. The van der Waals surface area contributed by atoms with E-state index < -0.39 is 0 Å². The Morgan fingerprint density at radius 1 is 1.27 bits per heavy atom. The van der Waals surface area contributed by atoms with Crippen molar-refractivity contribution < 1.29 is 4.74 Å². The summed E-state index contributed by atoms with van der Waals surface area (Å²) in [5.74, 6) is 3.27. The molecule has 2 N–H and O–H groups in total. The van der Waals surface area contributed by atoms with Gasteiger partial charge in [-0.3, -0.25) is 0 Å². The lowest BCUT2D eigenvalue weighted by atomic mass is 10.0. The average Bonchev–Trinajstić information content (AvgIpc) is 3.34. The highest BCUT2D eigenvalue weighted by Gasteiger charge is 2.14. The first-order valence-corrected chi connectivity index (χ1v) is 10.4. The number of guanidine groups is 1. The lowest BCUT2D eigenvalue weighted by molar-refractivity contribution is 0.405. The molecule has 0 bridgehead atoms. The van der Waals surface area contributed by atoms with Crippen LogP contribution >= 0.6 is 35.3 Å². The third-order valence-corrected chi connectivity index (χ3v) is 5.65. The van der Waals surface area contributed by atoms with E-state index in [1.54, 1.807) is 18.4 Å². The summed E-state index contributed by atoms with van der Waals surface area (Å²) < 4.78 is 7.50. The van der Waals surface area contributed by atoms with Gasteiger partial charge < -0.3 is 19.9 Å². The van der Waals surface area contributed by atoms with E-state index in [1.165, 1.54) is 10.4 Å². The maximum absolute atomic E-state index is 5.55. The number of methoxy groups -OCH3 is 1. The number of nitrogens with zero attached hydrogens (tertiary/aromatic N) is 4. The smallest absolute Gasteiger partial charge is 0.192 e. The van der Waals surface area contributed by atoms with Gasteiger partial charge in [0.05, 0.1) is 19.7 Å². The van der Waals surface area contributed by atoms with E-state index in [9.17, 15) is 0 Å². The van der Waals surface area contributed by atoms with Crippen LogP contribution in [-0.2, 0) is 20.1 Å². The van der Waals surface area contributed by atoms with Crippen molar-refractivity contribution in [2.24, 2.45) is 12.0 Å². The molecule has 3 aromatic rings. The average molecular weight is 540 g/mol. The fourth-order valence-electron chi connectivity index (χ4n) is 2.95. The van der Waals surface area contributed by atoms with Gasteiger partial charge in [0.2, 0.25) is 0 Å². The number of rotatable bonds is 7. The summed E-state index contributed by atoms with van der Waals surface area (Å²) in [6.45, 7) is 7.26. The molecule has 0 spiro atoms. The van der Waals surface area contributed by atoms with Gasteiger partial charge >= 0.3 is 0 Å². The van der Waals surface area contributed by atoms with Crippen LogP contribution in [0.1, 0.15) is 40.6 Å².